The Morgan fingerprint density at radius 3 is 2.78 bits per heavy atom. The van der Waals surface area contributed by atoms with E-state index in [4.69, 9.17) is 5.73 Å². The van der Waals surface area contributed by atoms with Crippen LogP contribution in [0.2, 0.25) is 0 Å². The maximum Gasteiger partial charge on any atom is 0.272 e. The highest BCUT2D eigenvalue weighted by atomic mass is 79.9. The molecule has 0 fully saturated rings. The van der Waals surface area contributed by atoms with E-state index in [1.54, 1.807) is 43.3 Å². The molecule has 0 radical (unpaired) electrons. The Kier molecular flexibility index (Phi) is 3.33. The zero-order chi connectivity index (χ0) is 13.3. The number of hydrogen-bond acceptors (Lipinski definition) is 4. The molecule has 0 bridgehead atoms. The molecule has 0 aromatic carbocycles. The summed E-state index contributed by atoms with van der Waals surface area (Å²) >= 11 is 3.28. The van der Waals surface area contributed by atoms with E-state index in [0.717, 1.165) is 5.69 Å². The summed E-state index contributed by atoms with van der Waals surface area (Å²) < 4.78 is 2.30. The minimum atomic E-state index is -0.156. The van der Waals surface area contributed by atoms with Gasteiger partial charge in [0.25, 0.3) is 5.91 Å². The lowest BCUT2D eigenvalue weighted by molar-refractivity contribution is 0.0822. The van der Waals surface area contributed by atoms with Crippen molar-refractivity contribution in [2.75, 3.05) is 19.8 Å². The number of amides is 1. The third kappa shape index (κ3) is 2.35. The summed E-state index contributed by atoms with van der Waals surface area (Å²) in [5, 5.41) is 4.12. The van der Waals surface area contributed by atoms with Crippen LogP contribution in [0.5, 0.6) is 0 Å². The lowest BCUT2D eigenvalue weighted by atomic mass is 10.3. The van der Waals surface area contributed by atoms with E-state index in [1.807, 2.05) is 0 Å². The number of rotatable bonds is 2. The molecule has 2 N–H and O–H groups in total. The standard InChI is InChI=1S/C11H12BrN5O/c1-16(2)11(18)9-5-7(3-4-14-9)17-6-8(12)10(13)15-17/h3-6H,1-2H3,(H2,13,15). The van der Waals surface area contributed by atoms with Crippen LogP contribution in [0.1, 0.15) is 10.5 Å². The second-order valence-electron chi connectivity index (χ2n) is 3.91. The van der Waals surface area contributed by atoms with Gasteiger partial charge >= 0.3 is 0 Å². The summed E-state index contributed by atoms with van der Waals surface area (Å²) in [5.41, 5.74) is 6.75. The highest BCUT2D eigenvalue weighted by Gasteiger charge is 2.11. The fraction of sp³-hybridized carbons (Fsp3) is 0.182. The summed E-state index contributed by atoms with van der Waals surface area (Å²) in [6.07, 6.45) is 3.30. The van der Waals surface area contributed by atoms with Gasteiger partial charge in [-0.05, 0) is 28.1 Å². The first kappa shape index (κ1) is 12.6. The van der Waals surface area contributed by atoms with Crippen LogP contribution >= 0.6 is 15.9 Å². The van der Waals surface area contributed by atoms with E-state index < -0.39 is 0 Å². The van der Waals surface area contributed by atoms with Gasteiger partial charge in [-0.1, -0.05) is 0 Å². The molecule has 0 unspecified atom stereocenters. The van der Waals surface area contributed by atoms with E-state index in [0.29, 0.717) is 16.0 Å². The number of carbonyl (C=O) groups is 1. The molecule has 0 saturated heterocycles. The van der Waals surface area contributed by atoms with Crippen molar-refractivity contribution in [3.63, 3.8) is 0 Å². The first-order valence-electron chi connectivity index (χ1n) is 5.18. The van der Waals surface area contributed by atoms with Crippen LogP contribution in [-0.2, 0) is 0 Å². The molecule has 0 atom stereocenters. The number of anilines is 1. The van der Waals surface area contributed by atoms with Gasteiger partial charge in [-0.2, -0.15) is 0 Å². The van der Waals surface area contributed by atoms with E-state index in [9.17, 15) is 4.79 Å². The number of nitrogen functional groups attached to an aromatic ring is 1. The highest BCUT2D eigenvalue weighted by Crippen LogP contribution is 2.19. The quantitative estimate of drug-likeness (QED) is 0.907. The Labute approximate surface area is 113 Å². The predicted octanol–water partition coefficient (Wildman–Crippen LogP) is 1.31. The minimum Gasteiger partial charge on any atom is -0.381 e. The maximum atomic E-state index is 11.8. The molecular formula is C11H12BrN5O. The van der Waals surface area contributed by atoms with Crippen LogP contribution in [0.15, 0.2) is 29.0 Å². The van der Waals surface area contributed by atoms with Crippen molar-refractivity contribution < 1.29 is 4.79 Å². The number of nitrogens with zero attached hydrogens (tertiary/aromatic N) is 4. The summed E-state index contributed by atoms with van der Waals surface area (Å²) in [6, 6.07) is 3.42. The van der Waals surface area contributed by atoms with E-state index in [2.05, 4.69) is 26.0 Å². The molecule has 2 aromatic rings. The molecule has 2 rings (SSSR count). The largest absolute Gasteiger partial charge is 0.381 e. The topological polar surface area (TPSA) is 77.0 Å². The molecule has 18 heavy (non-hydrogen) atoms. The number of nitrogens with two attached hydrogens (primary N) is 1. The van der Waals surface area contributed by atoms with Gasteiger partial charge in [0, 0.05) is 26.5 Å². The lowest BCUT2D eigenvalue weighted by Gasteiger charge is -2.10. The van der Waals surface area contributed by atoms with Crippen molar-refractivity contribution in [1.82, 2.24) is 19.7 Å². The Balaban J connectivity index is 2.41. The van der Waals surface area contributed by atoms with Crippen molar-refractivity contribution in [3.8, 4) is 5.69 Å². The van der Waals surface area contributed by atoms with Gasteiger partial charge < -0.3 is 10.6 Å². The van der Waals surface area contributed by atoms with Gasteiger partial charge in [0.05, 0.1) is 10.2 Å². The first-order chi connectivity index (χ1) is 8.49. The van der Waals surface area contributed by atoms with E-state index in [-0.39, 0.29) is 5.91 Å². The smallest absolute Gasteiger partial charge is 0.272 e. The highest BCUT2D eigenvalue weighted by molar-refractivity contribution is 9.10. The number of aromatic nitrogens is 3. The van der Waals surface area contributed by atoms with Crippen LogP contribution in [0.3, 0.4) is 0 Å². The zero-order valence-corrected chi connectivity index (χ0v) is 11.5. The molecule has 0 aliphatic rings. The summed E-state index contributed by atoms with van der Waals surface area (Å²) in [5.74, 6) is 0.239. The van der Waals surface area contributed by atoms with Crippen LogP contribution in [0, 0.1) is 0 Å². The molecule has 1 amide bonds. The van der Waals surface area contributed by atoms with E-state index >= 15 is 0 Å². The molecule has 2 aromatic heterocycles. The molecule has 0 aliphatic heterocycles. The Hall–Kier alpha value is -1.89. The van der Waals surface area contributed by atoms with Crippen molar-refractivity contribution in [2.45, 2.75) is 0 Å². The van der Waals surface area contributed by atoms with Crippen molar-refractivity contribution in [2.24, 2.45) is 0 Å². The van der Waals surface area contributed by atoms with Gasteiger partial charge in [0.15, 0.2) is 5.82 Å². The van der Waals surface area contributed by atoms with Gasteiger partial charge in [0.2, 0.25) is 0 Å². The van der Waals surface area contributed by atoms with Gasteiger partial charge in [-0.15, -0.1) is 5.10 Å². The lowest BCUT2D eigenvalue weighted by Crippen LogP contribution is -2.22. The van der Waals surface area contributed by atoms with Crippen molar-refractivity contribution in [1.29, 1.82) is 0 Å². The zero-order valence-electron chi connectivity index (χ0n) is 9.96. The van der Waals surface area contributed by atoms with Gasteiger partial charge in [-0.25, -0.2) is 4.68 Å². The predicted molar refractivity (Wildman–Crippen MR) is 71.5 cm³/mol. The third-order valence-corrected chi connectivity index (χ3v) is 2.94. The number of hydrogen-bond donors (Lipinski definition) is 1. The summed E-state index contributed by atoms with van der Waals surface area (Å²) in [7, 11) is 3.36. The molecule has 6 nitrogen and oxygen atoms in total. The van der Waals surface area contributed by atoms with Crippen LogP contribution in [-0.4, -0.2) is 39.7 Å². The average molecular weight is 310 g/mol. The summed E-state index contributed by atoms with van der Waals surface area (Å²) in [4.78, 5) is 17.3. The number of pyridine rings is 1. The molecular weight excluding hydrogens is 298 g/mol. The Bertz CT molecular complexity index is 573. The van der Waals surface area contributed by atoms with E-state index in [1.165, 1.54) is 4.90 Å². The first-order valence-corrected chi connectivity index (χ1v) is 5.97. The minimum absolute atomic E-state index is 0.156. The molecule has 0 aliphatic carbocycles. The Morgan fingerprint density at radius 2 is 2.22 bits per heavy atom. The number of halogens is 1. The van der Waals surface area contributed by atoms with Crippen LogP contribution in [0.4, 0.5) is 5.82 Å². The van der Waals surface area contributed by atoms with Gasteiger partial charge in [0.1, 0.15) is 5.69 Å². The molecule has 94 valence electrons. The molecule has 2 heterocycles. The molecule has 7 heteroatoms. The van der Waals surface area contributed by atoms with Crippen molar-refractivity contribution >= 4 is 27.7 Å². The maximum absolute atomic E-state index is 11.8. The van der Waals surface area contributed by atoms with Crippen LogP contribution in [0.25, 0.3) is 5.69 Å². The van der Waals surface area contributed by atoms with Crippen LogP contribution < -0.4 is 5.73 Å². The number of carbonyl (C=O) groups excluding carboxylic acids is 1. The third-order valence-electron chi connectivity index (χ3n) is 2.33. The fourth-order valence-electron chi connectivity index (χ4n) is 1.41. The average Bonchev–Trinajstić information content (AvgIpc) is 2.69. The molecule has 0 saturated carbocycles. The monoisotopic (exact) mass is 309 g/mol. The Morgan fingerprint density at radius 1 is 1.50 bits per heavy atom. The summed E-state index contributed by atoms with van der Waals surface area (Å²) in [6.45, 7) is 0. The van der Waals surface area contributed by atoms with Crippen molar-refractivity contribution in [3.05, 3.63) is 34.7 Å². The normalized spacial score (nSPS) is 10.4. The SMILES string of the molecule is CN(C)C(=O)c1cc(-n2cc(Br)c(N)n2)ccn1. The fourth-order valence-corrected chi connectivity index (χ4v) is 1.68. The second-order valence-corrected chi connectivity index (χ2v) is 4.76. The molecule has 0 spiro atoms. The second kappa shape index (κ2) is 4.77. The van der Waals surface area contributed by atoms with Gasteiger partial charge in [-0.3, -0.25) is 9.78 Å².